The summed E-state index contributed by atoms with van der Waals surface area (Å²) in [6, 6.07) is 3.96. The predicted octanol–water partition coefficient (Wildman–Crippen LogP) is 2.70. The van der Waals surface area contributed by atoms with E-state index >= 15 is 0 Å². The Morgan fingerprint density at radius 1 is 1.21 bits per heavy atom. The van der Waals surface area contributed by atoms with Gasteiger partial charge in [-0.15, -0.1) is 0 Å². The largest absolute Gasteiger partial charge is 0.332 e. The molecule has 24 heavy (non-hydrogen) atoms. The van der Waals surface area contributed by atoms with Gasteiger partial charge in [0.2, 0.25) is 0 Å². The number of carbonyl (C=O) groups is 1. The molecule has 4 heterocycles. The zero-order valence-corrected chi connectivity index (χ0v) is 14.7. The smallest absolute Gasteiger partial charge is 0.255 e. The Bertz CT molecular complexity index is 675. The fourth-order valence-corrected chi connectivity index (χ4v) is 4.51. The number of hydrogen-bond donors (Lipinski definition) is 0. The van der Waals surface area contributed by atoms with Crippen LogP contribution in [0.25, 0.3) is 0 Å². The van der Waals surface area contributed by atoms with Crippen LogP contribution in [-0.4, -0.2) is 51.7 Å². The fourth-order valence-electron chi connectivity index (χ4n) is 3.88. The highest BCUT2D eigenvalue weighted by molar-refractivity contribution is 7.08. The van der Waals surface area contributed by atoms with Crippen LogP contribution in [0, 0.1) is 5.92 Å². The number of thiophene rings is 1. The Hall–Kier alpha value is -1.66. The van der Waals surface area contributed by atoms with Crippen molar-refractivity contribution in [3.63, 3.8) is 0 Å². The third-order valence-corrected chi connectivity index (χ3v) is 5.77. The molecule has 2 aromatic rings. The molecule has 6 heteroatoms. The minimum Gasteiger partial charge on any atom is -0.332 e. The van der Waals surface area contributed by atoms with E-state index in [1.165, 1.54) is 32.4 Å². The summed E-state index contributed by atoms with van der Waals surface area (Å²) in [5, 5.41) is 8.40. The van der Waals surface area contributed by atoms with E-state index in [1.54, 1.807) is 11.3 Å². The Balaban J connectivity index is 1.53. The van der Waals surface area contributed by atoms with Crippen molar-refractivity contribution in [3.05, 3.63) is 40.3 Å². The third kappa shape index (κ3) is 3.39. The number of aromatic nitrogens is 2. The monoisotopic (exact) mass is 344 g/mol. The first-order valence-electron chi connectivity index (χ1n) is 8.84. The van der Waals surface area contributed by atoms with Crippen LogP contribution in [0.5, 0.6) is 0 Å². The Morgan fingerprint density at radius 2 is 2.08 bits per heavy atom. The topological polar surface area (TPSA) is 41.4 Å². The number of nitrogens with zero attached hydrogens (tertiary/aromatic N) is 4. The number of amides is 1. The molecular formula is C18H24N4OS. The van der Waals surface area contributed by atoms with Crippen molar-refractivity contribution in [1.29, 1.82) is 0 Å². The normalized spacial score (nSPS) is 22.2. The summed E-state index contributed by atoms with van der Waals surface area (Å²) in [6.45, 7) is 5.83. The molecule has 4 rings (SSSR count). The van der Waals surface area contributed by atoms with Gasteiger partial charge in [0.1, 0.15) is 0 Å². The van der Waals surface area contributed by atoms with E-state index < -0.39 is 0 Å². The maximum atomic E-state index is 12.9. The number of rotatable bonds is 3. The van der Waals surface area contributed by atoms with Gasteiger partial charge in [-0.3, -0.25) is 9.48 Å². The molecule has 1 amide bonds. The summed E-state index contributed by atoms with van der Waals surface area (Å²) in [5.74, 6) is 0.585. The summed E-state index contributed by atoms with van der Waals surface area (Å²) < 4.78 is 2.09. The van der Waals surface area contributed by atoms with E-state index in [9.17, 15) is 4.79 Å². The molecule has 2 aromatic heterocycles. The maximum Gasteiger partial charge on any atom is 0.255 e. The van der Waals surface area contributed by atoms with E-state index in [0.717, 1.165) is 30.9 Å². The van der Waals surface area contributed by atoms with Gasteiger partial charge in [-0.25, -0.2) is 0 Å². The fraction of sp³-hybridized carbons (Fsp3) is 0.556. The van der Waals surface area contributed by atoms with Crippen LogP contribution in [0.1, 0.15) is 35.3 Å². The van der Waals surface area contributed by atoms with Gasteiger partial charge >= 0.3 is 0 Å². The SMILES string of the molecule is O=C(c1ccsc1)N1Cc2ccnn2C[C@@H](CN2CCCCC2)C1. The molecule has 0 radical (unpaired) electrons. The van der Waals surface area contributed by atoms with E-state index in [1.807, 2.05) is 34.0 Å². The Kier molecular flexibility index (Phi) is 4.67. The van der Waals surface area contributed by atoms with Crippen LogP contribution in [0.3, 0.4) is 0 Å². The zero-order chi connectivity index (χ0) is 16.4. The molecule has 5 nitrogen and oxygen atoms in total. The van der Waals surface area contributed by atoms with Crippen LogP contribution >= 0.6 is 11.3 Å². The highest BCUT2D eigenvalue weighted by atomic mass is 32.1. The summed E-state index contributed by atoms with van der Waals surface area (Å²) in [5.41, 5.74) is 1.95. The highest BCUT2D eigenvalue weighted by Crippen LogP contribution is 2.21. The van der Waals surface area contributed by atoms with Gasteiger partial charge in [-0.2, -0.15) is 16.4 Å². The second kappa shape index (κ2) is 7.07. The molecule has 0 spiro atoms. The third-order valence-electron chi connectivity index (χ3n) is 5.09. The second-order valence-electron chi connectivity index (χ2n) is 6.93. The lowest BCUT2D eigenvalue weighted by molar-refractivity contribution is 0.0700. The molecule has 1 atom stereocenters. The molecule has 1 saturated heterocycles. The molecule has 0 aromatic carbocycles. The lowest BCUT2D eigenvalue weighted by Gasteiger charge is -2.31. The molecule has 0 bridgehead atoms. The summed E-state index contributed by atoms with van der Waals surface area (Å²) in [4.78, 5) is 17.4. The van der Waals surface area contributed by atoms with Gasteiger partial charge in [0.15, 0.2) is 0 Å². The van der Waals surface area contributed by atoms with Gasteiger partial charge in [0, 0.05) is 37.1 Å². The quantitative estimate of drug-likeness (QED) is 0.860. The van der Waals surface area contributed by atoms with E-state index in [0.29, 0.717) is 12.5 Å². The first-order chi connectivity index (χ1) is 11.8. The minimum atomic E-state index is 0.148. The van der Waals surface area contributed by atoms with Crippen molar-refractivity contribution in [2.75, 3.05) is 26.2 Å². The maximum absolute atomic E-state index is 12.9. The van der Waals surface area contributed by atoms with Crippen molar-refractivity contribution in [2.24, 2.45) is 5.92 Å². The number of carbonyl (C=O) groups excluding carboxylic acids is 1. The number of likely N-dealkylation sites (tertiary alicyclic amines) is 1. The van der Waals surface area contributed by atoms with Crippen molar-refractivity contribution in [1.82, 2.24) is 19.6 Å². The Morgan fingerprint density at radius 3 is 2.88 bits per heavy atom. The molecule has 0 aliphatic carbocycles. The summed E-state index contributed by atoms with van der Waals surface area (Å²) in [6.07, 6.45) is 5.81. The number of hydrogen-bond acceptors (Lipinski definition) is 4. The first-order valence-corrected chi connectivity index (χ1v) is 9.78. The van der Waals surface area contributed by atoms with Crippen molar-refractivity contribution in [3.8, 4) is 0 Å². The molecule has 128 valence electrons. The molecule has 0 saturated carbocycles. The van der Waals surface area contributed by atoms with Crippen molar-refractivity contribution >= 4 is 17.2 Å². The number of fused-ring (bicyclic) bond motifs is 1. The van der Waals surface area contributed by atoms with Gasteiger partial charge < -0.3 is 9.80 Å². The van der Waals surface area contributed by atoms with Crippen molar-refractivity contribution < 1.29 is 4.79 Å². The first kappa shape index (κ1) is 15.8. The molecule has 2 aliphatic rings. The van der Waals surface area contributed by atoms with E-state index in [-0.39, 0.29) is 5.91 Å². The number of piperidine rings is 1. The van der Waals surface area contributed by atoms with E-state index in [2.05, 4.69) is 14.7 Å². The van der Waals surface area contributed by atoms with Gasteiger partial charge in [-0.1, -0.05) is 6.42 Å². The van der Waals surface area contributed by atoms with Crippen LogP contribution < -0.4 is 0 Å². The van der Waals surface area contributed by atoms with Crippen LogP contribution in [0.2, 0.25) is 0 Å². The molecule has 1 fully saturated rings. The van der Waals surface area contributed by atoms with Crippen LogP contribution in [0.15, 0.2) is 29.1 Å². The predicted molar refractivity (Wildman–Crippen MR) is 95.1 cm³/mol. The standard InChI is InChI=1S/C18H24N4OS/c23-18(16-5-9-24-14-16)21-11-15(10-20-7-2-1-3-8-20)12-22-17(13-21)4-6-19-22/h4-6,9,14-15H,1-3,7-8,10-13H2/t15-/m0/s1. The lowest BCUT2D eigenvalue weighted by atomic mass is 10.1. The molecule has 0 N–H and O–H groups in total. The van der Waals surface area contributed by atoms with Gasteiger partial charge in [-0.05, 0) is 43.4 Å². The summed E-state index contributed by atoms with van der Waals surface area (Å²) >= 11 is 1.58. The molecular weight excluding hydrogens is 320 g/mol. The minimum absolute atomic E-state index is 0.148. The molecule has 2 aliphatic heterocycles. The molecule has 0 unspecified atom stereocenters. The lowest BCUT2D eigenvalue weighted by Crippen LogP contribution is -2.40. The second-order valence-corrected chi connectivity index (χ2v) is 7.71. The average molecular weight is 344 g/mol. The zero-order valence-electron chi connectivity index (χ0n) is 13.9. The van der Waals surface area contributed by atoms with E-state index in [4.69, 9.17) is 0 Å². The Labute approximate surface area is 146 Å². The van der Waals surface area contributed by atoms with Crippen LogP contribution in [0.4, 0.5) is 0 Å². The summed E-state index contributed by atoms with van der Waals surface area (Å²) in [7, 11) is 0. The van der Waals surface area contributed by atoms with Crippen LogP contribution in [-0.2, 0) is 13.1 Å². The van der Waals surface area contributed by atoms with Crippen molar-refractivity contribution in [2.45, 2.75) is 32.4 Å². The average Bonchev–Trinajstić information content (AvgIpc) is 3.24. The van der Waals surface area contributed by atoms with Gasteiger partial charge in [0.05, 0.1) is 17.8 Å². The highest BCUT2D eigenvalue weighted by Gasteiger charge is 2.28. The van der Waals surface area contributed by atoms with Gasteiger partial charge in [0.25, 0.3) is 5.91 Å².